The Morgan fingerprint density at radius 2 is 1.86 bits per heavy atom. The Morgan fingerprint density at radius 1 is 1.21 bits per heavy atom. The first kappa shape index (κ1) is 10.8. The molecule has 1 aromatic carbocycles. The molecule has 0 aliphatic carbocycles. The van der Waals surface area contributed by atoms with Crippen LogP contribution >= 0.6 is 0 Å². The zero-order valence-corrected chi connectivity index (χ0v) is 8.96. The third kappa shape index (κ3) is 3.62. The Kier molecular flexibility index (Phi) is 3.71. The number of nitriles is 1. The van der Waals surface area contributed by atoms with Crippen LogP contribution < -0.4 is 0 Å². The summed E-state index contributed by atoms with van der Waals surface area (Å²) in [5.74, 6) is 0. The lowest BCUT2D eigenvalue weighted by Crippen LogP contribution is -2.11. The van der Waals surface area contributed by atoms with Gasteiger partial charge in [-0.05, 0) is 23.8 Å². The zero-order chi connectivity index (χ0) is 10.4. The van der Waals surface area contributed by atoms with Crippen LogP contribution in [0, 0.1) is 16.7 Å². The summed E-state index contributed by atoms with van der Waals surface area (Å²) in [5, 5.41) is 8.65. The molecule has 74 valence electrons. The molecule has 0 atom stereocenters. The quantitative estimate of drug-likeness (QED) is 0.707. The van der Waals surface area contributed by atoms with Gasteiger partial charge in [-0.25, -0.2) is 0 Å². The lowest BCUT2D eigenvalue weighted by Gasteiger charge is -2.20. The molecular formula is C13H17N. The van der Waals surface area contributed by atoms with Crippen LogP contribution in [0.2, 0.25) is 0 Å². The van der Waals surface area contributed by atoms with Gasteiger partial charge in [0.15, 0.2) is 0 Å². The van der Waals surface area contributed by atoms with Crippen molar-refractivity contribution in [1.82, 2.24) is 0 Å². The molecular weight excluding hydrogens is 170 g/mol. The Hall–Kier alpha value is -1.29. The van der Waals surface area contributed by atoms with Gasteiger partial charge in [0.2, 0.25) is 0 Å². The van der Waals surface area contributed by atoms with Crippen LogP contribution in [-0.4, -0.2) is 0 Å². The lowest BCUT2D eigenvalue weighted by molar-refractivity contribution is 0.344. The molecule has 14 heavy (non-hydrogen) atoms. The number of hydrogen-bond donors (Lipinski definition) is 0. The van der Waals surface area contributed by atoms with Crippen LogP contribution in [0.15, 0.2) is 30.3 Å². The van der Waals surface area contributed by atoms with Crippen molar-refractivity contribution in [3.05, 3.63) is 35.9 Å². The smallest absolute Gasteiger partial charge is 0.0627 e. The van der Waals surface area contributed by atoms with Gasteiger partial charge in [-0.2, -0.15) is 5.26 Å². The second-order valence-electron chi connectivity index (χ2n) is 4.48. The molecule has 0 aromatic heterocycles. The van der Waals surface area contributed by atoms with Gasteiger partial charge < -0.3 is 0 Å². The van der Waals surface area contributed by atoms with Crippen LogP contribution in [0.25, 0.3) is 0 Å². The van der Waals surface area contributed by atoms with Crippen molar-refractivity contribution in [3.8, 4) is 6.07 Å². The molecule has 0 aliphatic rings. The van der Waals surface area contributed by atoms with Crippen LogP contribution in [0.5, 0.6) is 0 Å². The molecule has 0 heterocycles. The Balaban J connectivity index is 2.45. The standard InChI is InChI=1S/C13H17N/c1-13(2,10-11-14)9-8-12-6-4-3-5-7-12/h3-7H,8-10H2,1-2H3. The maximum Gasteiger partial charge on any atom is 0.0627 e. The fraction of sp³-hybridized carbons (Fsp3) is 0.462. The Bertz CT molecular complexity index is 306. The zero-order valence-electron chi connectivity index (χ0n) is 8.96. The number of benzene rings is 1. The van der Waals surface area contributed by atoms with Gasteiger partial charge in [0.1, 0.15) is 0 Å². The van der Waals surface area contributed by atoms with E-state index in [4.69, 9.17) is 5.26 Å². The molecule has 0 unspecified atom stereocenters. The van der Waals surface area contributed by atoms with Gasteiger partial charge in [-0.1, -0.05) is 44.2 Å². The molecule has 0 spiro atoms. The van der Waals surface area contributed by atoms with E-state index >= 15 is 0 Å². The third-order valence-corrected chi connectivity index (χ3v) is 2.49. The molecule has 0 aliphatic heterocycles. The average molecular weight is 187 g/mol. The van der Waals surface area contributed by atoms with E-state index in [0.29, 0.717) is 6.42 Å². The summed E-state index contributed by atoms with van der Waals surface area (Å²) in [6.45, 7) is 4.30. The highest BCUT2D eigenvalue weighted by molar-refractivity contribution is 5.14. The SMILES string of the molecule is CC(C)(CC#N)CCc1ccccc1. The average Bonchev–Trinajstić information content (AvgIpc) is 2.17. The number of rotatable bonds is 4. The van der Waals surface area contributed by atoms with Crippen LogP contribution in [-0.2, 0) is 6.42 Å². The lowest BCUT2D eigenvalue weighted by atomic mass is 9.84. The van der Waals surface area contributed by atoms with E-state index in [0.717, 1.165) is 12.8 Å². The summed E-state index contributed by atoms with van der Waals surface area (Å²) in [5.41, 5.74) is 1.50. The van der Waals surface area contributed by atoms with Crippen molar-refractivity contribution in [2.45, 2.75) is 33.1 Å². The molecule has 1 nitrogen and oxygen atoms in total. The van der Waals surface area contributed by atoms with Gasteiger partial charge in [-0.15, -0.1) is 0 Å². The van der Waals surface area contributed by atoms with E-state index in [1.54, 1.807) is 0 Å². The number of aryl methyl sites for hydroxylation is 1. The van der Waals surface area contributed by atoms with Crippen molar-refractivity contribution < 1.29 is 0 Å². The third-order valence-electron chi connectivity index (χ3n) is 2.49. The van der Waals surface area contributed by atoms with Gasteiger partial charge >= 0.3 is 0 Å². The van der Waals surface area contributed by atoms with Gasteiger partial charge in [0.25, 0.3) is 0 Å². The highest BCUT2D eigenvalue weighted by atomic mass is 14.3. The van der Waals surface area contributed by atoms with Crippen LogP contribution in [0.4, 0.5) is 0 Å². The predicted octanol–water partition coefficient (Wildman–Crippen LogP) is 3.56. The summed E-state index contributed by atoms with van der Waals surface area (Å²) in [7, 11) is 0. The van der Waals surface area contributed by atoms with Gasteiger partial charge in [0.05, 0.1) is 6.07 Å². The summed E-state index contributed by atoms with van der Waals surface area (Å²) in [4.78, 5) is 0. The number of nitrogens with zero attached hydrogens (tertiary/aromatic N) is 1. The van der Waals surface area contributed by atoms with E-state index in [9.17, 15) is 0 Å². The molecule has 0 fully saturated rings. The maximum atomic E-state index is 8.65. The highest BCUT2D eigenvalue weighted by Crippen LogP contribution is 2.26. The van der Waals surface area contributed by atoms with Crippen LogP contribution in [0.3, 0.4) is 0 Å². The molecule has 0 saturated carbocycles. The highest BCUT2D eigenvalue weighted by Gasteiger charge is 2.16. The molecule has 0 bridgehead atoms. The van der Waals surface area contributed by atoms with E-state index in [-0.39, 0.29) is 5.41 Å². The van der Waals surface area contributed by atoms with E-state index in [2.05, 4.69) is 44.2 Å². The van der Waals surface area contributed by atoms with Crippen molar-refractivity contribution in [2.75, 3.05) is 0 Å². The fourth-order valence-electron chi connectivity index (χ4n) is 1.43. The van der Waals surface area contributed by atoms with Crippen molar-refractivity contribution in [1.29, 1.82) is 5.26 Å². The fourth-order valence-corrected chi connectivity index (χ4v) is 1.43. The summed E-state index contributed by atoms with van der Waals surface area (Å²) < 4.78 is 0. The van der Waals surface area contributed by atoms with E-state index in [1.165, 1.54) is 5.56 Å². The molecule has 1 heteroatoms. The molecule has 1 aromatic rings. The Labute approximate surface area is 86.4 Å². The minimum atomic E-state index is 0.143. The first-order valence-electron chi connectivity index (χ1n) is 5.05. The van der Waals surface area contributed by atoms with Gasteiger partial charge in [-0.3, -0.25) is 0 Å². The largest absolute Gasteiger partial charge is 0.198 e. The molecule has 0 amide bonds. The normalized spacial score (nSPS) is 10.9. The van der Waals surface area contributed by atoms with Gasteiger partial charge in [0, 0.05) is 6.42 Å². The Morgan fingerprint density at radius 3 is 2.43 bits per heavy atom. The minimum Gasteiger partial charge on any atom is -0.198 e. The van der Waals surface area contributed by atoms with Crippen LogP contribution in [0.1, 0.15) is 32.3 Å². The maximum absolute atomic E-state index is 8.65. The van der Waals surface area contributed by atoms with Crippen molar-refractivity contribution in [2.24, 2.45) is 5.41 Å². The molecule has 1 rings (SSSR count). The van der Waals surface area contributed by atoms with Crippen molar-refractivity contribution in [3.63, 3.8) is 0 Å². The predicted molar refractivity (Wildman–Crippen MR) is 58.8 cm³/mol. The van der Waals surface area contributed by atoms with E-state index < -0.39 is 0 Å². The second-order valence-corrected chi connectivity index (χ2v) is 4.48. The second kappa shape index (κ2) is 4.81. The summed E-state index contributed by atoms with van der Waals surface area (Å²) in [6.07, 6.45) is 2.78. The van der Waals surface area contributed by atoms with Crippen molar-refractivity contribution >= 4 is 0 Å². The molecule has 0 radical (unpaired) electrons. The summed E-state index contributed by atoms with van der Waals surface area (Å²) in [6, 6.07) is 12.7. The topological polar surface area (TPSA) is 23.8 Å². The molecule has 0 saturated heterocycles. The first-order chi connectivity index (χ1) is 6.64. The van der Waals surface area contributed by atoms with E-state index in [1.807, 2.05) is 6.07 Å². The first-order valence-corrected chi connectivity index (χ1v) is 5.05. The monoisotopic (exact) mass is 187 g/mol. The number of hydrogen-bond acceptors (Lipinski definition) is 1. The summed E-state index contributed by atoms with van der Waals surface area (Å²) >= 11 is 0. The minimum absolute atomic E-state index is 0.143. The molecule has 0 N–H and O–H groups in total.